The maximum atomic E-state index is 5.91. The molecule has 0 radical (unpaired) electrons. The minimum absolute atomic E-state index is 0.506. The number of rotatable bonds is 4. The quantitative estimate of drug-likeness (QED) is 0.747. The first kappa shape index (κ1) is 10.4. The third-order valence-electron chi connectivity index (χ3n) is 3.76. The van der Waals surface area contributed by atoms with Crippen molar-refractivity contribution in [1.29, 1.82) is 0 Å². The average Bonchev–Trinajstić information content (AvgIpc) is 2.48. The van der Waals surface area contributed by atoms with Crippen molar-refractivity contribution in [1.82, 2.24) is 5.32 Å². The van der Waals surface area contributed by atoms with Gasteiger partial charge in [-0.1, -0.05) is 13.3 Å². The standard InChI is InChI=1S/C12H23NO/c1-3-6-12(8-13-9-12)7-11-5-4-10(2)14-11/h10-11,13H,3-9H2,1-2H3. The number of hydrogen-bond donors (Lipinski definition) is 1. The van der Waals surface area contributed by atoms with E-state index in [0.29, 0.717) is 17.6 Å². The van der Waals surface area contributed by atoms with Crippen LogP contribution in [-0.4, -0.2) is 25.3 Å². The monoisotopic (exact) mass is 197 g/mol. The third-order valence-corrected chi connectivity index (χ3v) is 3.76. The van der Waals surface area contributed by atoms with E-state index in [9.17, 15) is 0 Å². The molecule has 2 nitrogen and oxygen atoms in total. The van der Waals surface area contributed by atoms with Gasteiger partial charge in [0.1, 0.15) is 0 Å². The van der Waals surface area contributed by atoms with Gasteiger partial charge in [-0.15, -0.1) is 0 Å². The van der Waals surface area contributed by atoms with E-state index >= 15 is 0 Å². The highest BCUT2D eigenvalue weighted by molar-refractivity contribution is 4.94. The van der Waals surface area contributed by atoms with Gasteiger partial charge >= 0.3 is 0 Å². The Morgan fingerprint density at radius 3 is 2.57 bits per heavy atom. The van der Waals surface area contributed by atoms with E-state index < -0.39 is 0 Å². The van der Waals surface area contributed by atoms with Crippen molar-refractivity contribution in [3.8, 4) is 0 Å². The Balaban J connectivity index is 1.82. The van der Waals surface area contributed by atoms with Crippen molar-refractivity contribution in [3.63, 3.8) is 0 Å². The lowest BCUT2D eigenvalue weighted by Crippen LogP contribution is -2.54. The lowest BCUT2D eigenvalue weighted by Gasteiger charge is -2.44. The molecule has 2 saturated heterocycles. The van der Waals surface area contributed by atoms with Crippen molar-refractivity contribution < 1.29 is 4.74 Å². The van der Waals surface area contributed by atoms with Crippen LogP contribution in [0, 0.1) is 5.41 Å². The molecule has 2 heteroatoms. The van der Waals surface area contributed by atoms with Crippen molar-refractivity contribution in [2.45, 2.75) is 58.2 Å². The predicted molar refractivity (Wildman–Crippen MR) is 58.4 cm³/mol. The maximum Gasteiger partial charge on any atom is 0.0586 e. The Hall–Kier alpha value is -0.0800. The van der Waals surface area contributed by atoms with Gasteiger partial charge < -0.3 is 10.1 Å². The number of nitrogens with one attached hydrogen (secondary N) is 1. The molecular weight excluding hydrogens is 174 g/mol. The van der Waals surface area contributed by atoms with E-state index in [0.717, 1.165) is 0 Å². The van der Waals surface area contributed by atoms with Crippen molar-refractivity contribution in [3.05, 3.63) is 0 Å². The molecule has 0 aromatic heterocycles. The van der Waals surface area contributed by atoms with Crippen LogP contribution in [0.2, 0.25) is 0 Å². The van der Waals surface area contributed by atoms with Gasteiger partial charge in [0.05, 0.1) is 12.2 Å². The molecule has 2 unspecified atom stereocenters. The van der Waals surface area contributed by atoms with E-state index in [1.165, 1.54) is 45.2 Å². The van der Waals surface area contributed by atoms with Crippen molar-refractivity contribution in [2.24, 2.45) is 5.41 Å². The highest BCUT2D eigenvalue weighted by Crippen LogP contribution is 2.37. The zero-order chi connectivity index (χ0) is 10.0. The van der Waals surface area contributed by atoms with Crippen molar-refractivity contribution >= 4 is 0 Å². The van der Waals surface area contributed by atoms with Crippen molar-refractivity contribution in [2.75, 3.05) is 13.1 Å². The van der Waals surface area contributed by atoms with Crippen LogP contribution >= 0.6 is 0 Å². The summed E-state index contributed by atoms with van der Waals surface area (Å²) in [5, 5.41) is 3.42. The molecular formula is C12H23NO. The van der Waals surface area contributed by atoms with E-state index in [-0.39, 0.29) is 0 Å². The average molecular weight is 197 g/mol. The largest absolute Gasteiger partial charge is 0.375 e. The van der Waals surface area contributed by atoms with E-state index in [1.54, 1.807) is 0 Å². The molecule has 2 atom stereocenters. The Kier molecular flexibility index (Phi) is 3.13. The number of hydrogen-bond acceptors (Lipinski definition) is 2. The van der Waals surface area contributed by atoms with Crippen LogP contribution in [0.3, 0.4) is 0 Å². The van der Waals surface area contributed by atoms with Gasteiger partial charge in [0.25, 0.3) is 0 Å². The van der Waals surface area contributed by atoms with E-state index in [2.05, 4.69) is 19.2 Å². The Morgan fingerprint density at radius 1 is 1.36 bits per heavy atom. The third kappa shape index (κ3) is 2.12. The Labute approximate surface area is 87.4 Å². The highest BCUT2D eigenvalue weighted by atomic mass is 16.5. The summed E-state index contributed by atoms with van der Waals surface area (Å²) < 4.78 is 5.91. The minimum atomic E-state index is 0.506. The fraction of sp³-hybridized carbons (Fsp3) is 1.00. The summed E-state index contributed by atoms with van der Waals surface area (Å²) in [6.07, 6.45) is 7.58. The molecule has 2 rings (SSSR count). The second-order valence-corrected chi connectivity index (χ2v) is 5.20. The molecule has 0 spiro atoms. The number of ether oxygens (including phenoxy) is 1. The first-order valence-electron chi connectivity index (χ1n) is 6.10. The molecule has 0 aromatic rings. The van der Waals surface area contributed by atoms with Crippen LogP contribution < -0.4 is 5.32 Å². The maximum absolute atomic E-state index is 5.91. The molecule has 14 heavy (non-hydrogen) atoms. The van der Waals surface area contributed by atoms with Gasteiger partial charge in [-0.25, -0.2) is 0 Å². The van der Waals surface area contributed by atoms with Gasteiger partial charge in [0.15, 0.2) is 0 Å². The predicted octanol–water partition coefficient (Wildman–Crippen LogP) is 2.33. The molecule has 1 N–H and O–H groups in total. The van der Waals surface area contributed by atoms with Crippen LogP contribution in [0.1, 0.15) is 46.0 Å². The lowest BCUT2D eigenvalue weighted by molar-refractivity contribution is 0.00213. The van der Waals surface area contributed by atoms with E-state index in [4.69, 9.17) is 4.74 Å². The van der Waals surface area contributed by atoms with Gasteiger partial charge in [-0.2, -0.15) is 0 Å². The van der Waals surface area contributed by atoms with Crippen LogP contribution in [0.15, 0.2) is 0 Å². The first-order valence-corrected chi connectivity index (χ1v) is 6.10. The fourth-order valence-corrected chi connectivity index (χ4v) is 2.95. The Bertz CT molecular complexity index is 189. The van der Waals surface area contributed by atoms with Gasteiger partial charge in [0.2, 0.25) is 0 Å². The first-order chi connectivity index (χ1) is 6.74. The van der Waals surface area contributed by atoms with Gasteiger partial charge in [0, 0.05) is 13.1 Å². The molecule has 0 bridgehead atoms. The molecule has 2 fully saturated rings. The second kappa shape index (κ2) is 4.19. The van der Waals surface area contributed by atoms with Crippen LogP contribution in [0.4, 0.5) is 0 Å². The topological polar surface area (TPSA) is 21.3 Å². The minimum Gasteiger partial charge on any atom is -0.375 e. The molecule has 2 aliphatic heterocycles. The molecule has 0 amide bonds. The summed E-state index contributed by atoms with van der Waals surface area (Å²) in [5.74, 6) is 0. The second-order valence-electron chi connectivity index (χ2n) is 5.20. The molecule has 0 aliphatic carbocycles. The lowest BCUT2D eigenvalue weighted by atomic mass is 9.73. The summed E-state index contributed by atoms with van der Waals surface area (Å²) in [5.41, 5.74) is 0.587. The van der Waals surface area contributed by atoms with Crippen LogP contribution in [0.25, 0.3) is 0 Å². The zero-order valence-electron chi connectivity index (χ0n) is 9.51. The van der Waals surface area contributed by atoms with E-state index in [1.807, 2.05) is 0 Å². The summed E-state index contributed by atoms with van der Waals surface area (Å²) in [4.78, 5) is 0. The summed E-state index contributed by atoms with van der Waals surface area (Å²) in [6, 6.07) is 0. The van der Waals surface area contributed by atoms with Gasteiger partial charge in [-0.3, -0.25) is 0 Å². The SMILES string of the molecule is CCCC1(CC2CCC(C)O2)CNC1. The molecule has 0 aromatic carbocycles. The van der Waals surface area contributed by atoms with Crippen LogP contribution in [0.5, 0.6) is 0 Å². The summed E-state index contributed by atoms with van der Waals surface area (Å²) >= 11 is 0. The van der Waals surface area contributed by atoms with Gasteiger partial charge in [-0.05, 0) is 38.0 Å². The molecule has 2 aliphatic rings. The molecule has 0 saturated carbocycles. The van der Waals surface area contributed by atoms with Crippen LogP contribution in [-0.2, 0) is 4.74 Å². The smallest absolute Gasteiger partial charge is 0.0586 e. The molecule has 82 valence electrons. The normalized spacial score (nSPS) is 35.6. The Morgan fingerprint density at radius 2 is 2.14 bits per heavy atom. The summed E-state index contributed by atoms with van der Waals surface area (Å²) in [6.45, 7) is 6.92. The molecule has 2 heterocycles. The summed E-state index contributed by atoms with van der Waals surface area (Å²) in [7, 11) is 0. The highest BCUT2D eigenvalue weighted by Gasteiger charge is 2.39. The zero-order valence-corrected chi connectivity index (χ0v) is 9.51. The fourth-order valence-electron chi connectivity index (χ4n) is 2.95.